The number of morpholine rings is 1. The van der Waals surface area contributed by atoms with Gasteiger partial charge in [-0.1, -0.05) is 0 Å². The van der Waals surface area contributed by atoms with Gasteiger partial charge in [-0.3, -0.25) is 9.69 Å². The van der Waals surface area contributed by atoms with Crippen LogP contribution in [-0.2, 0) is 19.1 Å². The molecule has 1 amide bonds. The van der Waals surface area contributed by atoms with Crippen LogP contribution in [0.15, 0.2) is 0 Å². The number of nitriles is 1. The van der Waals surface area contributed by atoms with Crippen LogP contribution in [0.2, 0.25) is 0 Å². The second-order valence-electron chi connectivity index (χ2n) is 3.88. The summed E-state index contributed by atoms with van der Waals surface area (Å²) in [4.78, 5) is 24.6. The molecular formula is C11H17N3O4. The molecule has 18 heavy (non-hydrogen) atoms. The smallest absolute Gasteiger partial charge is 0.336 e. The van der Waals surface area contributed by atoms with Crippen LogP contribution in [0.3, 0.4) is 0 Å². The molecule has 1 fully saturated rings. The number of esters is 1. The summed E-state index contributed by atoms with van der Waals surface area (Å²) in [6, 6.07) is 1.95. The zero-order valence-corrected chi connectivity index (χ0v) is 10.3. The lowest BCUT2D eigenvalue weighted by Crippen LogP contribution is -2.49. The highest BCUT2D eigenvalue weighted by Crippen LogP contribution is 2.06. The van der Waals surface area contributed by atoms with E-state index in [9.17, 15) is 9.59 Å². The Morgan fingerprint density at radius 3 is 3.06 bits per heavy atom. The maximum absolute atomic E-state index is 11.5. The molecule has 1 N–H and O–H groups in total. The molecule has 0 saturated carbocycles. The molecule has 0 aromatic carbocycles. The zero-order chi connectivity index (χ0) is 13.4. The molecule has 1 aliphatic rings. The first kappa shape index (κ1) is 14.4. The Bertz CT molecular complexity index is 340. The number of ether oxygens (including phenoxy) is 2. The van der Waals surface area contributed by atoms with E-state index in [1.54, 1.807) is 0 Å². The highest BCUT2D eigenvalue weighted by Gasteiger charge is 2.28. The Kier molecular flexibility index (Phi) is 6.11. The van der Waals surface area contributed by atoms with E-state index in [1.807, 2.05) is 11.0 Å². The summed E-state index contributed by atoms with van der Waals surface area (Å²) in [6.07, 6.45) is -0.338. The number of nitrogens with zero attached hydrogens (tertiary/aromatic N) is 2. The Hall–Kier alpha value is -1.65. The topological polar surface area (TPSA) is 91.7 Å². The predicted molar refractivity (Wildman–Crippen MR) is 61.4 cm³/mol. The fourth-order valence-electron chi connectivity index (χ4n) is 1.64. The number of amides is 1. The van der Waals surface area contributed by atoms with Crippen LogP contribution in [0.5, 0.6) is 0 Å². The van der Waals surface area contributed by atoms with Gasteiger partial charge in [-0.15, -0.1) is 0 Å². The summed E-state index contributed by atoms with van der Waals surface area (Å²) in [5.41, 5.74) is 0. The highest BCUT2D eigenvalue weighted by atomic mass is 16.6. The van der Waals surface area contributed by atoms with Crippen molar-refractivity contribution in [1.82, 2.24) is 10.2 Å². The molecule has 0 aromatic rings. The zero-order valence-electron chi connectivity index (χ0n) is 10.3. The minimum atomic E-state index is -0.629. The van der Waals surface area contributed by atoms with Crippen LogP contribution in [0, 0.1) is 11.3 Å². The molecule has 100 valence electrons. The predicted octanol–water partition coefficient (Wildman–Crippen LogP) is -1.11. The summed E-state index contributed by atoms with van der Waals surface area (Å²) in [5.74, 6) is -0.583. The molecule has 1 saturated heterocycles. The number of carbonyl (C=O) groups is 2. The number of carbonyl (C=O) groups excluding carboxylic acids is 2. The minimum Gasteiger partial charge on any atom is -0.467 e. The van der Waals surface area contributed by atoms with Gasteiger partial charge in [0, 0.05) is 19.6 Å². The first-order valence-electron chi connectivity index (χ1n) is 5.72. The molecule has 1 unspecified atom stereocenters. The lowest BCUT2D eigenvalue weighted by molar-refractivity contribution is -0.160. The molecule has 0 spiro atoms. The number of nitrogens with one attached hydrogen (secondary N) is 1. The average molecular weight is 255 g/mol. The molecule has 1 heterocycles. The van der Waals surface area contributed by atoms with E-state index >= 15 is 0 Å². The Balaban J connectivity index is 2.31. The monoisotopic (exact) mass is 255 g/mol. The van der Waals surface area contributed by atoms with Crippen LogP contribution >= 0.6 is 0 Å². The number of hydrogen-bond donors (Lipinski definition) is 1. The van der Waals surface area contributed by atoms with Crippen LogP contribution in [0.1, 0.15) is 6.42 Å². The molecule has 0 radical (unpaired) electrons. The molecule has 1 aliphatic heterocycles. The quantitative estimate of drug-likeness (QED) is 0.495. The Morgan fingerprint density at radius 2 is 2.39 bits per heavy atom. The summed E-state index contributed by atoms with van der Waals surface area (Å²) in [6.45, 7) is 1.88. The third-order valence-electron chi connectivity index (χ3n) is 2.54. The van der Waals surface area contributed by atoms with Crippen molar-refractivity contribution in [3.8, 4) is 6.07 Å². The van der Waals surface area contributed by atoms with Gasteiger partial charge in [-0.2, -0.15) is 5.26 Å². The van der Waals surface area contributed by atoms with E-state index in [1.165, 1.54) is 7.11 Å². The standard InChI is InChI=1S/C11H17N3O4/c1-17-11(16)9-7-14(5-6-18-9)8-10(15)13-4-2-3-12/h9H,2,4-8H2,1H3,(H,13,15). The third kappa shape index (κ3) is 4.69. The second-order valence-corrected chi connectivity index (χ2v) is 3.88. The molecule has 0 aliphatic carbocycles. The van der Waals surface area contributed by atoms with Crippen molar-refractivity contribution in [3.05, 3.63) is 0 Å². The largest absolute Gasteiger partial charge is 0.467 e. The average Bonchev–Trinajstić information content (AvgIpc) is 2.38. The van der Waals surface area contributed by atoms with E-state index in [0.29, 0.717) is 32.7 Å². The fourth-order valence-corrected chi connectivity index (χ4v) is 1.64. The lowest BCUT2D eigenvalue weighted by Gasteiger charge is -2.30. The summed E-state index contributed by atoms with van der Waals surface area (Å²) in [7, 11) is 1.30. The van der Waals surface area contributed by atoms with E-state index in [0.717, 1.165) is 0 Å². The Morgan fingerprint density at radius 1 is 1.61 bits per heavy atom. The van der Waals surface area contributed by atoms with Crippen molar-refractivity contribution in [3.63, 3.8) is 0 Å². The van der Waals surface area contributed by atoms with E-state index in [2.05, 4.69) is 10.1 Å². The maximum Gasteiger partial charge on any atom is 0.336 e. The summed E-state index contributed by atoms with van der Waals surface area (Å²) < 4.78 is 9.85. The first-order valence-corrected chi connectivity index (χ1v) is 5.72. The molecule has 1 atom stereocenters. The molecule has 0 aromatic heterocycles. The number of rotatable bonds is 5. The van der Waals surface area contributed by atoms with Crippen molar-refractivity contribution in [2.75, 3.05) is 39.9 Å². The summed E-state index contributed by atoms with van der Waals surface area (Å²) >= 11 is 0. The van der Waals surface area contributed by atoms with Crippen LogP contribution in [0.25, 0.3) is 0 Å². The van der Waals surface area contributed by atoms with Gasteiger partial charge >= 0.3 is 5.97 Å². The van der Waals surface area contributed by atoms with Crippen LogP contribution in [0.4, 0.5) is 0 Å². The number of methoxy groups -OCH3 is 1. The van der Waals surface area contributed by atoms with E-state index in [-0.39, 0.29) is 12.5 Å². The highest BCUT2D eigenvalue weighted by molar-refractivity contribution is 5.78. The van der Waals surface area contributed by atoms with Crippen molar-refractivity contribution < 1.29 is 19.1 Å². The molecule has 0 bridgehead atoms. The first-order chi connectivity index (χ1) is 8.67. The van der Waals surface area contributed by atoms with E-state index in [4.69, 9.17) is 10.00 Å². The van der Waals surface area contributed by atoms with Crippen LogP contribution < -0.4 is 5.32 Å². The molecule has 7 heteroatoms. The van der Waals surface area contributed by atoms with Gasteiger partial charge < -0.3 is 14.8 Å². The lowest BCUT2D eigenvalue weighted by atomic mass is 10.2. The van der Waals surface area contributed by atoms with Gasteiger partial charge in [0.15, 0.2) is 6.10 Å². The third-order valence-corrected chi connectivity index (χ3v) is 2.54. The van der Waals surface area contributed by atoms with Crippen LogP contribution in [-0.4, -0.2) is 62.8 Å². The van der Waals surface area contributed by atoms with E-state index < -0.39 is 12.1 Å². The second kappa shape index (κ2) is 7.63. The van der Waals surface area contributed by atoms with Gasteiger partial charge in [-0.05, 0) is 0 Å². The van der Waals surface area contributed by atoms with Crippen molar-refractivity contribution >= 4 is 11.9 Å². The van der Waals surface area contributed by atoms with Gasteiger partial charge in [0.1, 0.15) is 0 Å². The van der Waals surface area contributed by atoms with Crippen molar-refractivity contribution in [2.24, 2.45) is 0 Å². The SMILES string of the molecule is COC(=O)C1CN(CC(=O)NCCC#N)CCO1. The Labute approximate surface area is 106 Å². The number of hydrogen-bond acceptors (Lipinski definition) is 6. The molecular weight excluding hydrogens is 238 g/mol. The normalized spacial score (nSPS) is 19.9. The van der Waals surface area contributed by atoms with Crippen molar-refractivity contribution in [2.45, 2.75) is 12.5 Å². The van der Waals surface area contributed by atoms with Crippen molar-refractivity contribution in [1.29, 1.82) is 5.26 Å². The molecule has 1 rings (SSSR count). The van der Waals surface area contributed by atoms with Gasteiger partial charge in [0.2, 0.25) is 5.91 Å². The van der Waals surface area contributed by atoms with Gasteiger partial charge in [-0.25, -0.2) is 4.79 Å². The summed E-state index contributed by atoms with van der Waals surface area (Å²) in [5, 5.41) is 11.0. The van der Waals surface area contributed by atoms with Gasteiger partial charge in [0.25, 0.3) is 0 Å². The maximum atomic E-state index is 11.5. The molecule has 7 nitrogen and oxygen atoms in total. The van der Waals surface area contributed by atoms with Gasteiger partial charge in [0.05, 0.1) is 32.8 Å². The fraction of sp³-hybridized carbons (Fsp3) is 0.727. The minimum absolute atomic E-state index is 0.157.